The Morgan fingerprint density at radius 3 is 2.69 bits per heavy atom. The van der Waals surface area contributed by atoms with Gasteiger partial charge in [-0.2, -0.15) is 0 Å². The van der Waals surface area contributed by atoms with Crippen molar-refractivity contribution in [2.75, 3.05) is 26.7 Å². The van der Waals surface area contributed by atoms with Gasteiger partial charge in [0.05, 0.1) is 11.1 Å². The normalized spacial score (nSPS) is 13.6. The summed E-state index contributed by atoms with van der Waals surface area (Å²) in [5.41, 5.74) is 5.10. The van der Waals surface area contributed by atoms with Gasteiger partial charge in [-0.15, -0.1) is 0 Å². The van der Waals surface area contributed by atoms with E-state index in [2.05, 4.69) is 45.5 Å². The molecule has 0 atom stereocenters. The van der Waals surface area contributed by atoms with Gasteiger partial charge in [0, 0.05) is 36.8 Å². The molecule has 7 heteroatoms. The molecule has 0 aliphatic carbocycles. The van der Waals surface area contributed by atoms with Crippen LogP contribution in [-0.4, -0.2) is 37.6 Å². The largest absolute Gasteiger partial charge is 0.492 e. The second kappa shape index (κ2) is 12.5. The molecule has 188 valence electrons. The maximum atomic E-state index is 13.4. The maximum Gasteiger partial charge on any atom is 0.251 e. The molecule has 0 saturated heterocycles. The number of ether oxygens (including phenoxy) is 1. The molecule has 1 N–H and O–H groups in total. The van der Waals surface area contributed by atoms with Crippen LogP contribution in [0.1, 0.15) is 29.5 Å². The average molecular weight is 572 g/mol. The molecule has 1 aliphatic rings. The Bertz CT molecular complexity index is 1250. The molecule has 0 bridgehead atoms. The molecule has 1 amide bonds. The standard InChI is InChI=1S/C29H29BrClFN2O2/c1-34(19-22-6-2-3-7-27(22)31)29(35)25-18-33-15-14-24(25)21-10-8-20(9-11-21)5-4-16-36-28-17-23(32)12-13-26(28)30/h2-3,6-13,17,33H,4-5,14-16,18-19H2,1H3. The quantitative estimate of drug-likeness (QED) is 0.292. The van der Waals surface area contributed by atoms with E-state index in [9.17, 15) is 9.18 Å². The van der Waals surface area contributed by atoms with Gasteiger partial charge in [-0.1, -0.05) is 54.1 Å². The first kappa shape index (κ1) is 26.4. The SMILES string of the molecule is CN(Cc1ccccc1Cl)C(=O)C1=C(c2ccc(CCCOc3cc(F)ccc3Br)cc2)CCNC1. The molecule has 3 aromatic carbocycles. The Kier molecular flexibility index (Phi) is 9.19. The Morgan fingerprint density at radius 1 is 1.14 bits per heavy atom. The lowest BCUT2D eigenvalue weighted by molar-refractivity contribution is -0.126. The Morgan fingerprint density at radius 2 is 1.92 bits per heavy atom. The van der Waals surface area contributed by atoms with E-state index in [1.165, 1.54) is 17.7 Å². The molecule has 0 fully saturated rings. The van der Waals surface area contributed by atoms with Crippen LogP contribution in [0.25, 0.3) is 5.57 Å². The van der Waals surface area contributed by atoms with E-state index in [0.717, 1.165) is 52.6 Å². The number of carbonyl (C=O) groups is 1. The zero-order valence-electron chi connectivity index (χ0n) is 20.2. The molecular formula is C29H29BrClFN2O2. The number of hydrogen-bond acceptors (Lipinski definition) is 3. The van der Waals surface area contributed by atoms with Crippen molar-refractivity contribution in [3.63, 3.8) is 0 Å². The summed E-state index contributed by atoms with van der Waals surface area (Å²) >= 11 is 9.68. The number of nitrogens with zero attached hydrogens (tertiary/aromatic N) is 1. The lowest BCUT2D eigenvalue weighted by Gasteiger charge is -2.26. The molecule has 0 radical (unpaired) electrons. The monoisotopic (exact) mass is 570 g/mol. The van der Waals surface area contributed by atoms with Crippen LogP contribution in [-0.2, 0) is 17.8 Å². The predicted molar refractivity (Wildman–Crippen MR) is 147 cm³/mol. The van der Waals surface area contributed by atoms with E-state index >= 15 is 0 Å². The lowest BCUT2D eigenvalue weighted by Crippen LogP contribution is -2.35. The number of halogens is 3. The minimum atomic E-state index is -0.316. The number of carbonyl (C=O) groups excluding carboxylic acids is 1. The summed E-state index contributed by atoms with van der Waals surface area (Å²) in [5.74, 6) is 0.214. The number of likely N-dealkylation sites (N-methyl/N-ethyl adjacent to an activating group) is 1. The topological polar surface area (TPSA) is 41.6 Å². The number of amides is 1. The number of benzene rings is 3. The van der Waals surface area contributed by atoms with Gasteiger partial charge in [0.1, 0.15) is 11.6 Å². The highest BCUT2D eigenvalue weighted by atomic mass is 79.9. The molecule has 4 nitrogen and oxygen atoms in total. The van der Waals surface area contributed by atoms with Crippen LogP contribution >= 0.6 is 27.5 Å². The predicted octanol–water partition coefficient (Wildman–Crippen LogP) is 6.66. The summed E-state index contributed by atoms with van der Waals surface area (Å²) in [4.78, 5) is 15.1. The highest BCUT2D eigenvalue weighted by Gasteiger charge is 2.23. The van der Waals surface area contributed by atoms with Crippen LogP contribution < -0.4 is 10.1 Å². The Hall–Kier alpha value is -2.67. The van der Waals surface area contributed by atoms with Crippen LogP contribution in [0.4, 0.5) is 4.39 Å². The summed E-state index contributed by atoms with van der Waals surface area (Å²) in [6.45, 7) is 2.35. The molecule has 0 aromatic heterocycles. The fourth-order valence-electron chi connectivity index (χ4n) is 4.31. The van der Waals surface area contributed by atoms with Crippen molar-refractivity contribution in [3.8, 4) is 5.75 Å². The first-order chi connectivity index (χ1) is 17.4. The molecule has 0 saturated carbocycles. The van der Waals surface area contributed by atoms with Gasteiger partial charge >= 0.3 is 0 Å². The fraction of sp³-hybridized carbons (Fsp3) is 0.276. The van der Waals surface area contributed by atoms with Crippen LogP contribution in [0.5, 0.6) is 5.75 Å². The maximum absolute atomic E-state index is 13.4. The molecule has 36 heavy (non-hydrogen) atoms. The van der Waals surface area contributed by atoms with Crippen molar-refractivity contribution in [2.24, 2.45) is 0 Å². The van der Waals surface area contributed by atoms with Crippen molar-refractivity contribution in [3.05, 3.63) is 104 Å². The van der Waals surface area contributed by atoms with Gasteiger partial charge in [-0.05, 0) is 82.2 Å². The van der Waals surface area contributed by atoms with E-state index in [1.54, 1.807) is 11.0 Å². The molecule has 3 aromatic rings. The third kappa shape index (κ3) is 6.75. The number of hydrogen-bond donors (Lipinski definition) is 1. The Balaban J connectivity index is 1.39. The van der Waals surface area contributed by atoms with E-state index in [4.69, 9.17) is 16.3 Å². The van der Waals surface area contributed by atoms with Crippen LogP contribution in [0.2, 0.25) is 5.02 Å². The summed E-state index contributed by atoms with van der Waals surface area (Å²) in [6, 6.07) is 20.4. The molecule has 0 spiro atoms. The van der Waals surface area contributed by atoms with E-state index < -0.39 is 0 Å². The average Bonchev–Trinajstić information content (AvgIpc) is 2.89. The number of aryl methyl sites for hydroxylation is 1. The molecule has 4 rings (SSSR count). The van der Waals surface area contributed by atoms with Gasteiger partial charge in [-0.25, -0.2) is 4.39 Å². The van der Waals surface area contributed by atoms with Crippen LogP contribution in [0.3, 0.4) is 0 Å². The highest BCUT2D eigenvalue weighted by Crippen LogP contribution is 2.28. The molecular weight excluding hydrogens is 543 g/mol. The van der Waals surface area contributed by atoms with Gasteiger partial charge in [-0.3, -0.25) is 4.79 Å². The zero-order valence-corrected chi connectivity index (χ0v) is 22.5. The molecule has 1 aliphatic heterocycles. The van der Waals surface area contributed by atoms with E-state index in [-0.39, 0.29) is 11.7 Å². The second-order valence-electron chi connectivity index (χ2n) is 8.86. The summed E-state index contributed by atoms with van der Waals surface area (Å²) < 4.78 is 19.9. The van der Waals surface area contributed by atoms with Crippen LogP contribution in [0, 0.1) is 5.82 Å². The van der Waals surface area contributed by atoms with E-state index in [1.807, 2.05) is 31.3 Å². The third-order valence-corrected chi connectivity index (χ3v) is 7.27. The molecule has 0 unspecified atom stereocenters. The number of nitrogens with one attached hydrogen (secondary N) is 1. The smallest absolute Gasteiger partial charge is 0.251 e. The summed E-state index contributed by atoms with van der Waals surface area (Å²) in [5, 5.41) is 4.00. The minimum absolute atomic E-state index is 0.0156. The van der Waals surface area contributed by atoms with Crippen molar-refractivity contribution in [1.82, 2.24) is 10.2 Å². The lowest BCUT2D eigenvalue weighted by atomic mass is 9.92. The summed E-state index contributed by atoms with van der Waals surface area (Å²) in [7, 11) is 1.82. The number of rotatable bonds is 9. The second-order valence-corrected chi connectivity index (χ2v) is 10.1. The van der Waals surface area contributed by atoms with Gasteiger partial charge in [0.15, 0.2) is 0 Å². The van der Waals surface area contributed by atoms with Gasteiger partial charge in [0.2, 0.25) is 0 Å². The van der Waals surface area contributed by atoms with Gasteiger partial charge in [0.25, 0.3) is 5.91 Å². The zero-order chi connectivity index (χ0) is 25.5. The fourth-order valence-corrected chi connectivity index (χ4v) is 4.87. The first-order valence-corrected chi connectivity index (χ1v) is 13.2. The highest BCUT2D eigenvalue weighted by molar-refractivity contribution is 9.10. The van der Waals surface area contributed by atoms with Crippen molar-refractivity contribution in [2.45, 2.75) is 25.8 Å². The minimum Gasteiger partial charge on any atom is -0.492 e. The third-order valence-electron chi connectivity index (χ3n) is 6.25. The first-order valence-electron chi connectivity index (χ1n) is 12.0. The van der Waals surface area contributed by atoms with Crippen LogP contribution in [0.15, 0.2) is 76.8 Å². The van der Waals surface area contributed by atoms with E-state index in [0.29, 0.717) is 30.5 Å². The Labute approximate surface area is 225 Å². The van der Waals surface area contributed by atoms with Gasteiger partial charge < -0.3 is 15.0 Å². The summed E-state index contributed by atoms with van der Waals surface area (Å²) in [6.07, 6.45) is 2.46. The van der Waals surface area contributed by atoms with Crippen molar-refractivity contribution < 1.29 is 13.9 Å². The molecule has 1 heterocycles. The van der Waals surface area contributed by atoms with Crippen molar-refractivity contribution >= 4 is 39.0 Å². The van der Waals surface area contributed by atoms with Crippen molar-refractivity contribution in [1.29, 1.82) is 0 Å².